The lowest BCUT2D eigenvalue weighted by atomic mass is 10.0. The minimum Gasteiger partial charge on any atom is -0.338 e. The van der Waals surface area contributed by atoms with Gasteiger partial charge >= 0.3 is 0 Å². The maximum atomic E-state index is 5.56. The minimum absolute atomic E-state index is 0.177. The van der Waals surface area contributed by atoms with Gasteiger partial charge in [0, 0.05) is 16.5 Å². The second kappa shape index (κ2) is 4.53. The molecule has 2 aromatic rings. The van der Waals surface area contributed by atoms with E-state index in [4.69, 9.17) is 5.84 Å². The molecule has 1 aliphatic heterocycles. The molecule has 18 heavy (non-hydrogen) atoms. The fourth-order valence-corrected chi connectivity index (χ4v) is 3.05. The van der Waals surface area contributed by atoms with E-state index in [1.54, 1.807) is 17.7 Å². The Labute approximate surface area is 110 Å². The van der Waals surface area contributed by atoms with Gasteiger partial charge in [0.15, 0.2) is 0 Å². The Balaban J connectivity index is 2.09. The molecule has 0 bridgehead atoms. The Kier molecular flexibility index (Phi) is 2.87. The molecule has 0 saturated carbocycles. The van der Waals surface area contributed by atoms with Crippen molar-refractivity contribution >= 4 is 22.7 Å². The van der Waals surface area contributed by atoms with E-state index in [2.05, 4.69) is 52.3 Å². The zero-order valence-electron chi connectivity index (χ0n) is 9.97. The van der Waals surface area contributed by atoms with E-state index in [0.29, 0.717) is 0 Å². The van der Waals surface area contributed by atoms with Crippen LogP contribution in [0.15, 0.2) is 34.6 Å². The summed E-state index contributed by atoms with van der Waals surface area (Å²) >= 11 is 1.67. The van der Waals surface area contributed by atoms with E-state index in [-0.39, 0.29) is 6.17 Å². The summed E-state index contributed by atoms with van der Waals surface area (Å²) in [5.41, 5.74) is 7.49. The van der Waals surface area contributed by atoms with Gasteiger partial charge in [0.25, 0.3) is 0 Å². The average molecular weight is 258 g/mol. The summed E-state index contributed by atoms with van der Waals surface area (Å²) in [5.74, 6) is 5.56. The van der Waals surface area contributed by atoms with Crippen molar-refractivity contribution in [2.75, 3.05) is 5.32 Å². The van der Waals surface area contributed by atoms with Crippen molar-refractivity contribution < 1.29 is 0 Å². The Morgan fingerprint density at radius 3 is 2.83 bits per heavy atom. The Hall–Kier alpha value is -1.69. The molecule has 1 aliphatic rings. The molecule has 0 spiro atoms. The van der Waals surface area contributed by atoms with E-state index in [1.807, 2.05) is 0 Å². The molecule has 1 atom stereocenters. The molecule has 5 heteroatoms. The van der Waals surface area contributed by atoms with Crippen molar-refractivity contribution in [1.82, 2.24) is 5.43 Å². The predicted molar refractivity (Wildman–Crippen MR) is 76.7 cm³/mol. The molecule has 0 aliphatic carbocycles. The second-order valence-electron chi connectivity index (χ2n) is 4.25. The quantitative estimate of drug-likeness (QED) is 0.573. The van der Waals surface area contributed by atoms with Gasteiger partial charge in [-0.05, 0) is 12.5 Å². The first kappa shape index (κ1) is 11.4. The van der Waals surface area contributed by atoms with E-state index in [1.165, 1.54) is 16.7 Å². The van der Waals surface area contributed by atoms with Crippen molar-refractivity contribution in [3.63, 3.8) is 0 Å². The maximum absolute atomic E-state index is 5.56. The van der Waals surface area contributed by atoms with Crippen LogP contribution >= 0.6 is 11.3 Å². The molecule has 1 aromatic carbocycles. The molecule has 0 unspecified atom stereocenters. The standard InChI is InChI=1S/C13H14N4S/c1-8-2-4-9(5-3-8)10-6-18-13-11(10)12(17-14)15-7-16-13/h2-7,12,17H,14H2,1H3,(H,15,16)/t12-/m1/s1. The highest BCUT2D eigenvalue weighted by atomic mass is 32.1. The van der Waals surface area contributed by atoms with Crippen LogP contribution in [0, 0.1) is 6.92 Å². The van der Waals surface area contributed by atoms with Gasteiger partial charge in [-0.25, -0.2) is 5.43 Å². The van der Waals surface area contributed by atoms with Crippen LogP contribution < -0.4 is 16.6 Å². The van der Waals surface area contributed by atoms with Gasteiger partial charge in [-0.3, -0.25) is 10.8 Å². The summed E-state index contributed by atoms with van der Waals surface area (Å²) in [5, 5.41) is 6.40. The first-order valence-electron chi connectivity index (χ1n) is 5.72. The van der Waals surface area contributed by atoms with Crippen LogP contribution in [-0.4, -0.2) is 6.34 Å². The lowest BCUT2D eigenvalue weighted by Crippen LogP contribution is -2.29. The van der Waals surface area contributed by atoms with Crippen LogP contribution in [-0.2, 0) is 0 Å². The van der Waals surface area contributed by atoms with Crippen LogP contribution in [0.4, 0.5) is 5.00 Å². The van der Waals surface area contributed by atoms with Crippen LogP contribution in [0.5, 0.6) is 0 Å². The van der Waals surface area contributed by atoms with Crippen molar-refractivity contribution in [3.05, 3.63) is 40.8 Å². The predicted octanol–water partition coefficient (Wildman–Crippen LogP) is 2.64. The van der Waals surface area contributed by atoms with Crippen molar-refractivity contribution in [2.45, 2.75) is 13.1 Å². The zero-order valence-corrected chi connectivity index (χ0v) is 10.8. The fourth-order valence-electron chi connectivity index (χ4n) is 2.08. The number of hydrogen-bond donors (Lipinski definition) is 3. The molecule has 4 nitrogen and oxygen atoms in total. The summed E-state index contributed by atoms with van der Waals surface area (Å²) in [6, 6.07) is 8.49. The number of nitrogens with zero attached hydrogens (tertiary/aromatic N) is 1. The molecule has 0 saturated heterocycles. The summed E-state index contributed by atoms with van der Waals surface area (Å²) in [7, 11) is 0. The molecule has 0 fully saturated rings. The molecule has 92 valence electrons. The molecule has 0 radical (unpaired) electrons. The zero-order chi connectivity index (χ0) is 12.5. The third-order valence-electron chi connectivity index (χ3n) is 3.04. The third-order valence-corrected chi connectivity index (χ3v) is 3.97. The average Bonchev–Trinajstić information content (AvgIpc) is 2.83. The number of rotatable bonds is 2. The van der Waals surface area contributed by atoms with Gasteiger partial charge < -0.3 is 5.32 Å². The highest BCUT2D eigenvalue weighted by molar-refractivity contribution is 7.15. The molecule has 4 N–H and O–H groups in total. The maximum Gasteiger partial charge on any atom is 0.142 e. The number of hydrazine groups is 1. The summed E-state index contributed by atoms with van der Waals surface area (Å²) in [6.45, 7) is 2.09. The number of aliphatic imine (C=N–C) groups is 1. The van der Waals surface area contributed by atoms with Gasteiger partial charge in [0.1, 0.15) is 11.2 Å². The summed E-state index contributed by atoms with van der Waals surface area (Å²) in [4.78, 5) is 4.30. The SMILES string of the molecule is Cc1ccc(-c2csc3c2[C@@H](NN)N=CN3)cc1. The van der Waals surface area contributed by atoms with Crippen LogP contribution in [0.1, 0.15) is 17.3 Å². The number of nitrogens with one attached hydrogen (secondary N) is 2. The number of thiophene rings is 1. The molecule has 1 aromatic heterocycles. The van der Waals surface area contributed by atoms with E-state index in [0.717, 1.165) is 10.6 Å². The number of anilines is 1. The van der Waals surface area contributed by atoms with Crippen molar-refractivity contribution in [1.29, 1.82) is 0 Å². The highest BCUT2D eigenvalue weighted by Crippen LogP contribution is 2.40. The number of fused-ring (bicyclic) bond motifs is 1. The molecular weight excluding hydrogens is 244 g/mol. The van der Waals surface area contributed by atoms with Gasteiger partial charge in [-0.1, -0.05) is 29.8 Å². The Bertz CT molecular complexity index is 586. The van der Waals surface area contributed by atoms with E-state index < -0.39 is 0 Å². The Morgan fingerprint density at radius 1 is 1.33 bits per heavy atom. The minimum atomic E-state index is -0.177. The van der Waals surface area contributed by atoms with E-state index in [9.17, 15) is 0 Å². The van der Waals surface area contributed by atoms with Crippen LogP contribution in [0.25, 0.3) is 11.1 Å². The molecule has 3 rings (SSSR count). The first-order valence-corrected chi connectivity index (χ1v) is 6.60. The van der Waals surface area contributed by atoms with Crippen molar-refractivity contribution in [3.8, 4) is 11.1 Å². The van der Waals surface area contributed by atoms with Gasteiger partial charge in [-0.2, -0.15) is 0 Å². The third kappa shape index (κ3) is 1.82. The number of nitrogens with two attached hydrogens (primary N) is 1. The molecule has 0 amide bonds. The molecular formula is C13H14N4S. The summed E-state index contributed by atoms with van der Waals surface area (Å²) in [6.07, 6.45) is 1.51. The monoisotopic (exact) mass is 258 g/mol. The van der Waals surface area contributed by atoms with Crippen LogP contribution in [0.2, 0.25) is 0 Å². The number of aryl methyl sites for hydroxylation is 1. The largest absolute Gasteiger partial charge is 0.338 e. The summed E-state index contributed by atoms with van der Waals surface area (Å²) < 4.78 is 0. The normalized spacial score (nSPS) is 17.3. The lowest BCUT2D eigenvalue weighted by Gasteiger charge is -2.18. The topological polar surface area (TPSA) is 62.4 Å². The molecule has 2 heterocycles. The fraction of sp³-hybridized carbons (Fsp3) is 0.154. The number of hydrogen-bond acceptors (Lipinski definition) is 5. The van der Waals surface area contributed by atoms with Crippen molar-refractivity contribution in [2.24, 2.45) is 10.8 Å². The van der Waals surface area contributed by atoms with E-state index >= 15 is 0 Å². The lowest BCUT2D eigenvalue weighted by molar-refractivity contribution is 0.582. The Morgan fingerprint density at radius 2 is 2.11 bits per heavy atom. The smallest absolute Gasteiger partial charge is 0.142 e. The second-order valence-corrected chi connectivity index (χ2v) is 5.13. The van der Waals surface area contributed by atoms with Gasteiger partial charge in [0.05, 0.1) is 6.34 Å². The highest BCUT2D eigenvalue weighted by Gasteiger charge is 2.22. The number of benzene rings is 1. The van der Waals surface area contributed by atoms with Gasteiger partial charge in [-0.15, -0.1) is 11.3 Å². The van der Waals surface area contributed by atoms with Gasteiger partial charge in [0.2, 0.25) is 0 Å². The first-order chi connectivity index (χ1) is 8.79. The van der Waals surface area contributed by atoms with Crippen LogP contribution in [0.3, 0.4) is 0 Å².